The van der Waals surface area contributed by atoms with Crippen LogP contribution in [-0.4, -0.2) is 22.1 Å². The molecule has 2 aromatic heterocycles. The van der Waals surface area contributed by atoms with Crippen LogP contribution in [0, 0.1) is 26.2 Å². The van der Waals surface area contributed by atoms with Crippen LogP contribution in [0.4, 0.5) is 0 Å². The molecule has 146 valence electrons. The molecule has 0 aliphatic heterocycles. The molecule has 0 spiro atoms. The first-order chi connectivity index (χ1) is 12.7. The summed E-state index contributed by atoms with van der Waals surface area (Å²) in [6.45, 7) is 10.4. The fourth-order valence-corrected chi connectivity index (χ4v) is 4.44. The first-order valence-electron chi connectivity index (χ1n) is 9.45. The molecule has 1 aliphatic rings. The zero-order valence-electron chi connectivity index (χ0n) is 17.1. The van der Waals surface area contributed by atoms with Gasteiger partial charge in [-0.05, 0) is 56.9 Å². The Hall–Kier alpha value is -1.82. The average Bonchev–Trinajstić information content (AvgIpc) is 2.92. The quantitative estimate of drug-likeness (QED) is 0.605. The maximum atomic E-state index is 12.7. The van der Waals surface area contributed by atoms with Gasteiger partial charge in [-0.3, -0.25) is 4.79 Å². The van der Waals surface area contributed by atoms with Crippen molar-refractivity contribution >= 4 is 17.7 Å². The van der Waals surface area contributed by atoms with Crippen LogP contribution in [0.2, 0.25) is 0 Å². The molecule has 27 heavy (non-hydrogen) atoms. The summed E-state index contributed by atoms with van der Waals surface area (Å²) in [7, 11) is 0. The van der Waals surface area contributed by atoms with Crippen molar-refractivity contribution in [3.63, 3.8) is 0 Å². The number of hydrogen-bond acceptors (Lipinski definition) is 5. The van der Waals surface area contributed by atoms with E-state index >= 15 is 0 Å². The van der Waals surface area contributed by atoms with E-state index in [1.807, 2.05) is 27.0 Å². The second kappa shape index (κ2) is 7.66. The van der Waals surface area contributed by atoms with Gasteiger partial charge in [-0.1, -0.05) is 25.6 Å². The number of nitrogens with one attached hydrogen (secondary N) is 1. The zero-order chi connectivity index (χ0) is 19.8. The largest absolute Gasteiger partial charge is 0.466 e. The van der Waals surface area contributed by atoms with Crippen molar-refractivity contribution in [1.82, 2.24) is 15.3 Å². The molecule has 1 unspecified atom stereocenters. The lowest BCUT2D eigenvalue weighted by atomic mass is 9.74. The minimum Gasteiger partial charge on any atom is -0.466 e. The van der Waals surface area contributed by atoms with Crippen LogP contribution in [0.15, 0.2) is 15.6 Å². The molecule has 0 aromatic carbocycles. The number of rotatable bonds is 5. The van der Waals surface area contributed by atoms with Crippen LogP contribution in [0.3, 0.4) is 0 Å². The van der Waals surface area contributed by atoms with Gasteiger partial charge >= 0.3 is 0 Å². The highest BCUT2D eigenvalue weighted by molar-refractivity contribution is 7.98. The van der Waals surface area contributed by atoms with Gasteiger partial charge in [-0.2, -0.15) is 0 Å². The van der Waals surface area contributed by atoms with Crippen LogP contribution in [0.5, 0.6) is 0 Å². The third-order valence-corrected chi connectivity index (χ3v) is 5.80. The number of carbonyl (C=O) groups excluding carboxylic acids is 1. The Labute approximate surface area is 165 Å². The fraction of sp³-hybridized carbons (Fsp3) is 0.571. The van der Waals surface area contributed by atoms with E-state index in [0.717, 1.165) is 52.0 Å². The molecule has 3 rings (SSSR count). The van der Waals surface area contributed by atoms with Crippen LogP contribution in [0.1, 0.15) is 66.8 Å². The molecule has 0 bridgehead atoms. The van der Waals surface area contributed by atoms with E-state index in [0.29, 0.717) is 12.8 Å². The molecule has 2 heterocycles. The maximum absolute atomic E-state index is 12.7. The Kier molecular flexibility index (Phi) is 5.65. The number of hydrogen-bond donors (Lipinski definition) is 1. The van der Waals surface area contributed by atoms with E-state index < -0.39 is 0 Å². The summed E-state index contributed by atoms with van der Waals surface area (Å²) in [6.07, 6.45) is 4.91. The summed E-state index contributed by atoms with van der Waals surface area (Å²) in [5.74, 6) is 1.99. The lowest BCUT2D eigenvalue weighted by Crippen LogP contribution is -2.36. The molecular formula is C21H29N3O2S. The molecule has 1 aliphatic carbocycles. The number of carbonyl (C=O) groups is 1. The second-order valence-electron chi connectivity index (χ2n) is 8.26. The Morgan fingerprint density at radius 2 is 1.96 bits per heavy atom. The molecule has 0 saturated heterocycles. The lowest BCUT2D eigenvalue weighted by Gasteiger charge is -2.34. The zero-order valence-corrected chi connectivity index (χ0v) is 17.9. The van der Waals surface area contributed by atoms with E-state index in [1.54, 1.807) is 0 Å². The van der Waals surface area contributed by atoms with Gasteiger partial charge in [0, 0.05) is 29.8 Å². The molecule has 6 heteroatoms. The third-order valence-electron chi connectivity index (χ3n) is 5.26. The van der Waals surface area contributed by atoms with Gasteiger partial charge in [0.05, 0.1) is 6.04 Å². The van der Waals surface area contributed by atoms with Gasteiger partial charge in [0.2, 0.25) is 5.91 Å². The van der Waals surface area contributed by atoms with Crippen molar-refractivity contribution < 1.29 is 9.21 Å². The van der Waals surface area contributed by atoms with Crippen molar-refractivity contribution in [3.05, 3.63) is 40.1 Å². The van der Waals surface area contributed by atoms with E-state index in [4.69, 9.17) is 4.42 Å². The number of aromatic nitrogens is 2. The van der Waals surface area contributed by atoms with Crippen molar-refractivity contribution in [2.24, 2.45) is 5.41 Å². The number of amides is 1. The Bertz CT molecular complexity index is 834. The normalized spacial score (nSPS) is 18.2. The maximum Gasteiger partial charge on any atom is 0.220 e. The minimum absolute atomic E-state index is 0.0195. The van der Waals surface area contributed by atoms with Gasteiger partial charge < -0.3 is 9.73 Å². The highest BCUT2D eigenvalue weighted by atomic mass is 32.2. The first-order valence-corrected chi connectivity index (χ1v) is 10.7. The Balaban J connectivity index is 1.68. The van der Waals surface area contributed by atoms with Gasteiger partial charge in [0.25, 0.3) is 0 Å². The second-order valence-corrected chi connectivity index (χ2v) is 9.03. The molecule has 1 N–H and O–H groups in total. The summed E-state index contributed by atoms with van der Waals surface area (Å²) < 4.78 is 5.87. The fourth-order valence-electron chi connectivity index (χ4n) is 3.98. The molecule has 0 fully saturated rings. The summed E-state index contributed by atoms with van der Waals surface area (Å²) in [6, 6.07) is 2.09. The Morgan fingerprint density at radius 3 is 2.59 bits per heavy atom. The van der Waals surface area contributed by atoms with Crippen molar-refractivity contribution in [2.75, 3.05) is 6.26 Å². The predicted molar refractivity (Wildman–Crippen MR) is 108 cm³/mol. The van der Waals surface area contributed by atoms with E-state index in [1.165, 1.54) is 11.8 Å². The molecule has 0 saturated carbocycles. The monoisotopic (exact) mass is 387 g/mol. The van der Waals surface area contributed by atoms with E-state index in [9.17, 15) is 4.79 Å². The number of fused-ring (bicyclic) bond motifs is 1. The van der Waals surface area contributed by atoms with Gasteiger partial charge in [0.1, 0.15) is 11.5 Å². The molecule has 2 aromatic rings. The molecule has 1 amide bonds. The predicted octanol–water partition coefficient (Wildman–Crippen LogP) is 4.48. The van der Waals surface area contributed by atoms with Crippen molar-refractivity contribution in [2.45, 2.75) is 71.5 Å². The van der Waals surface area contributed by atoms with Crippen LogP contribution >= 0.6 is 11.8 Å². The van der Waals surface area contributed by atoms with Gasteiger partial charge in [0.15, 0.2) is 5.16 Å². The lowest BCUT2D eigenvalue weighted by molar-refractivity contribution is -0.122. The topological polar surface area (TPSA) is 68.0 Å². The highest BCUT2D eigenvalue weighted by Gasteiger charge is 2.35. The standard InChI is InChI=1S/C21H29N3O2S/c1-12-9-16-17(10-21(4,5)11-18(16)26-12)24-19(25)8-7-15-13(2)22-20(27-6)23-14(15)3/h9,17H,7-8,10-11H2,1-6H3,(H,24,25). The van der Waals surface area contributed by atoms with E-state index in [2.05, 4.69) is 35.2 Å². The Morgan fingerprint density at radius 1 is 1.30 bits per heavy atom. The van der Waals surface area contributed by atoms with Crippen molar-refractivity contribution in [3.8, 4) is 0 Å². The molecular weight excluding hydrogens is 358 g/mol. The summed E-state index contributed by atoms with van der Waals surface area (Å²) in [5, 5.41) is 4.01. The summed E-state index contributed by atoms with van der Waals surface area (Å²) >= 11 is 1.54. The molecule has 0 radical (unpaired) electrons. The van der Waals surface area contributed by atoms with Crippen LogP contribution in [0.25, 0.3) is 0 Å². The van der Waals surface area contributed by atoms with Gasteiger partial charge in [-0.15, -0.1) is 0 Å². The minimum atomic E-state index is 0.0195. The summed E-state index contributed by atoms with van der Waals surface area (Å²) in [5.41, 5.74) is 4.26. The number of aryl methyl sites for hydroxylation is 3. The smallest absolute Gasteiger partial charge is 0.220 e. The third kappa shape index (κ3) is 4.54. The van der Waals surface area contributed by atoms with Crippen molar-refractivity contribution in [1.29, 1.82) is 0 Å². The summed E-state index contributed by atoms with van der Waals surface area (Å²) in [4.78, 5) is 21.7. The number of furan rings is 1. The number of thioether (sulfide) groups is 1. The SMILES string of the molecule is CSc1nc(C)c(CCC(=O)NC2CC(C)(C)Cc3oc(C)cc32)c(C)n1. The molecule has 5 nitrogen and oxygen atoms in total. The molecule has 1 atom stereocenters. The van der Waals surface area contributed by atoms with Crippen LogP contribution < -0.4 is 5.32 Å². The van der Waals surface area contributed by atoms with Crippen LogP contribution in [-0.2, 0) is 17.6 Å². The van der Waals surface area contributed by atoms with Gasteiger partial charge in [-0.25, -0.2) is 9.97 Å². The first kappa shape index (κ1) is 19.9. The van der Waals surface area contributed by atoms with E-state index in [-0.39, 0.29) is 17.4 Å². The number of nitrogens with zero attached hydrogens (tertiary/aromatic N) is 2. The average molecular weight is 388 g/mol. The highest BCUT2D eigenvalue weighted by Crippen LogP contribution is 2.42.